The van der Waals surface area contributed by atoms with Crippen molar-refractivity contribution in [2.75, 3.05) is 25.4 Å². The van der Waals surface area contributed by atoms with Gasteiger partial charge in [0.1, 0.15) is 0 Å². The molecule has 28 heavy (non-hydrogen) atoms. The molecule has 1 saturated heterocycles. The maximum atomic E-state index is 12.5. The molecule has 0 aliphatic carbocycles. The van der Waals surface area contributed by atoms with Crippen LogP contribution in [0.5, 0.6) is 0 Å². The van der Waals surface area contributed by atoms with Crippen LogP contribution in [0.3, 0.4) is 0 Å². The second-order valence-corrected chi connectivity index (χ2v) is 8.91. The first kappa shape index (κ1) is 20.9. The minimum absolute atomic E-state index is 0.176. The predicted molar refractivity (Wildman–Crippen MR) is 120 cm³/mol. The number of nitrogens with one attached hydrogen (secondary N) is 1. The van der Waals surface area contributed by atoms with Gasteiger partial charge in [-0.25, -0.2) is 0 Å². The highest BCUT2D eigenvalue weighted by Crippen LogP contribution is 2.20. The number of nitrogens with zero attached hydrogens (tertiary/aromatic N) is 1. The molecule has 4 heteroatoms. The van der Waals surface area contributed by atoms with Crippen molar-refractivity contribution in [3.05, 3.63) is 70.8 Å². The number of thioether (sulfide) groups is 1. The molecule has 0 bridgehead atoms. The van der Waals surface area contributed by atoms with Crippen LogP contribution in [-0.4, -0.2) is 36.2 Å². The molecule has 3 rings (SSSR count). The van der Waals surface area contributed by atoms with Gasteiger partial charge in [0.15, 0.2) is 0 Å². The van der Waals surface area contributed by atoms with E-state index in [0.717, 1.165) is 50.5 Å². The van der Waals surface area contributed by atoms with E-state index in [1.54, 1.807) is 0 Å². The van der Waals surface area contributed by atoms with Gasteiger partial charge < -0.3 is 5.32 Å². The van der Waals surface area contributed by atoms with Gasteiger partial charge in [-0.1, -0.05) is 54.1 Å². The Balaban J connectivity index is 1.31. The van der Waals surface area contributed by atoms with Gasteiger partial charge in [0.05, 0.1) is 0 Å². The van der Waals surface area contributed by atoms with Gasteiger partial charge in [0.25, 0.3) is 0 Å². The van der Waals surface area contributed by atoms with Gasteiger partial charge in [0, 0.05) is 30.5 Å². The highest BCUT2D eigenvalue weighted by molar-refractivity contribution is 7.98. The zero-order chi connectivity index (χ0) is 19.8. The highest BCUT2D eigenvalue weighted by atomic mass is 32.2. The van der Waals surface area contributed by atoms with Crippen LogP contribution in [0, 0.1) is 19.8 Å². The Morgan fingerprint density at radius 1 is 1.11 bits per heavy atom. The van der Waals surface area contributed by atoms with Crippen molar-refractivity contribution in [3.8, 4) is 0 Å². The normalized spacial score (nSPS) is 15.5. The highest BCUT2D eigenvalue weighted by Gasteiger charge is 2.24. The summed E-state index contributed by atoms with van der Waals surface area (Å²) in [7, 11) is 0. The Morgan fingerprint density at radius 2 is 1.89 bits per heavy atom. The van der Waals surface area contributed by atoms with Crippen molar-refractivity contribution in [1.82, 2.24) is 10.2 Å². The molecule has 1 aliphatic rings. The van der Waals surface area contributed by atoms with E-state index < -0.39 is 0 Å². The van der Waals surface area contributed by atoms with E-state index in [0.29, 0.717) is 0 Å². The molecule has 0 aromatic heterocycles. The predicted octanol–water partition coefficient (Wildman–Crippen LogP) is 4.57. The SMILES string of the molecule is Cc1cccc(CN2CCC(C(=O)NCCSCc3ccccc3C)CC2)c1. The Morgan fingerprint density at radius 3 is 2.64 bits per heavy atom. The lowest BCUT2D eigenvalue weighted by Gasteiger charge is -2.31. The molecule has 1 N–H and O–H groups in total. The van der Waals surface area contributed by atoms with Gasteiger partial charge in [0.2, 0.25) is 5.91 Å². The van der Waals surface area contributed by atoms with E-state index >= 15 is 0 Å². The van der Waals surface area contributed by atoms with Crippen molar-refractivity contribution in [2.24, 2.45) is 5.92 Å². The summed E-state index contributed by atoms with van der Waals surface area (Å²) in [6, 6.07) is 17.2. The number of likely N-dealkylation sites (tertiary alicyclic amines) is 1. The number of piperidine rings is 1. The van der Waals surface area contributed by atoms with Crippen LogP contribution >= 0.6 is 11.8 Å². The molecule has 0 atom stereocenters. The summed E-state index contributed by atoms with van der Waals surface area (Å²) in [5, 5.41) is 3.15. The second-order valence-electron chi connectivity index (χ2n) is 7.81. The molecule has 1 fully saturated rings. The molecule has 1 aliphatic heterocycles. The minimum atomic E-state index is 0.176. The van der Waals surface area contributed by atoms with Crippen molar-refractivity contribution < 1.29 is 4.79 Å². The first-order chi connectivity index (χ1) is 13.6. The fourth-order valence-corrected chi connectivity index (χ4v) is 4.70. The maximum Gasteiger partial charge on any atom is 0.223 e. The van der Waals surface area contributed by atoms with Gasteiger partial charge in [-0.05, 0) is 56.5 Å². The fourth-order valence-electron chi connectivity index (χ4n) is 3.77. The molecule has 0 saturated carbocycles. The van der Waals surface area contributed by atoms with Crippen LogP contribution in [0.25, 0.3) is 0 Å². The third-order valence-electron chi connectivity index (χ3n) is 5.51. The zero-order valence-electron chi connectivity index (χ0n) is 17.1. The number of benzene rings is 2. The molecule has 0 unspecified atom stereocenters. The molecule has 150 valence electrons. The molecule has 1 heterocycles. The van der Waals surface area contributed by atoms with Gasteiger partial charge in [-0.2, -0.15) is 11.8 Å². The Labute approximate surface area is 173 Å². The Kier molecular flexibility index (Phi) is 7.99. The minimum Gasteiger partial charge on any atom is -0.355 e. The number of hydrogen-bond donors (Lipinski definition) is 1. The van der Waals surface area contributed by atoms with Crippen LogP contribution in [-0.2, 0) is 17.1 Å². The third kappa shape index (κ3) is 6.39. The smallest absolute Gasteiger partial charge is 0.223 e. The molecule has 1 amide bonds. The topological polar surface area (TPSA) is 32.3 Å². The van der Waals surface area contributed by atoms with Crippen LogP contribution in [0.4, 0.5) is 0 Å². The number of rotatable bonds is 8. The van der Waals surface area contributed by atoms with Gasteiger partial charge >= 0.3 is 0 Å². The summed E-state index contributed by atoms with van der Waals surface area (Å²) in [6.07, 6.45) is 1.93. The molecule has 0 radical (unpaired) electrons. The molecular formula is C24H32N2OS. The van der Waals surface area contributed by atoms with Gasteiger partial charge in [-0.15, -0.1) is 0 Å². The van der Waals surface area contributed by atoms with E-state index in [1.807, 2.05) is 11.8 Å². The van der Waals surface area contributed by atoms with Crippen molar-refractivity contribution >= 4 is 17.7 Å². The zero-order valence-corrected chi connectivity index (χ0v) is 17.9. The van der Waals surface area contributed by atoms with E-state index in [4.69, 9.17) is 0 Å². The van der Waals surface area contributed by atoms with Crippen molar-refractivity contribution in [1.29, 1.82) is 0 Å². The van der Waals surface area contributed by atoms with Crippen LogP contribution in [0.15, 0.2) is 48.5 Å². The first-order valence-corrected chi connectivity index (χ1v) is 11.4. The van der Waals surface area contributed by atoms with E-state index in [9.17, 15) is 4.79 Å². The molecule has 3 nitrogen and oxygen atoms in total. The van der Waals surface area contributed by atoms with Crippen molar-refractivity contribution in [3.63, 3.8) is 0 Å². The van der Waals surface area contributed by atoms with Crippen LogP contribution < -0.4 is 5.32 Å². The number of aryl methyl sites for hydroxylation is 2. The molecule has 2 aromatic rings. The summed E-state index contributed by atoms with van der Waals surface area (Å²) in [5.41, 5.74) is 5.41. The fraction of sp³-hybridized carbons (Fsp3) is 0.458. The first-order valence-electron chi connectivity index (χ1n) is 10.3. The van der Waals surface area contributed by atoms with E-state index in [-0.39, 0.29) is 11.8 Å². The number of carbonyl (C=O) groups is 1. The van der Waals surface area contributed by atoms with Crippen LogP contribution in [0.2, 0.25) is 0 Å². The summed E-state index contributed by atoms with van der Waals surface area (Å²) >= 11 is 1.89. The lowest BCUT2D eigenvalue weighted by Crippen LogP contribution is -2.40. The maximum absolute atomic E-state index is 12.5. The number of amides is 1. The Hall–Kier alpha value is -1.78. The van der Waals surface area contributed by atoms with Crippen LogP contribution in [0.1, 0.15) is 35.1 Å². The monoisotopic (exact) mass is 396 g/mol. The lowest BCUT2D eigenvalue weighted by molar-refractivity contribution is -0.126. The quantitative estimate of drug-likeness (QED) is 0.664. The summed E-state index contributed by atoms with van der Waals surface area (Å²) in [6.45, 7) is 8.06. The third-order valence-corrected chi connectivity index (χ3v) is 6.52. The Bertz CT molecular complexity index is 769. The average Bonchev–Trinajstić information content (AvgIpc) is 2.69. The standard InChI is InChI=1S/C24H32N2OS/c1-19-6-5-8-21(16-19)17-26-13-10-22(11-14-26)24(27)25-12-15-28-18-23-9-4-3-7-20(23)2/h3-9,16,22H,10-15,17-18H2,1-2H3,(H,25,27). The summed E-state index contributed by atoms with van der Waals surface area (Å²) in [5.74, 6) is 2.40. The van der Waals surface area contributed by atoms with Crippen molar-refractivity contribution in [2.45, 2.75) is 39.0 Å². The molecule has 2 aromatic carbocycles. The second kappa shape index (κ2) is 10.7. The average molecular weight is 397 g/mol. The molecular weight excluding hydrogens is 364 g/mol. The number of hydrogen-bond acceptors (Lipinski definition) is 3. The van der Waals surface area contributed by atoms with E-state index in [1.165, 1.54) is 22.3 Å². The summed E-state index contributed by atoms with van der Waals surface area (Å²) in [4.78, 5) is 14.9. The van der Waals surface area contributed by atoms with Gasteiger partial charge in [-0.3, -0.25) is 9.69 Å². The molecule has 0 spiro atoms. The largest absolute Gasteiger partial charge is 0.355 e. The lowest BCUT2D eigenvalue weighted by atomic mass is 9.95. The summed E-state index contributed by atoms with van der Waals surface area (Å²) < 4.78 is 0. The van der Waals surface area contributed by atoms with E-state index in [2.05, 4.69) is 72.6 Å². The number of carbonyl (C=O) groups excluding carboxylic acids is 1.